The monoisotopic (exact) mass is 233 g/mol. The van der Waals surface area contributed by atoms with Crippen LogP contribution in [0.5, 0.6) is 0 Å². The Morgan fingerprint density at radius 1 is 1.53 bits per heavy atom. The summed E-state index contributed by atoms with van der Waals surface area (Å²) in [5, 5.41) is 9.12. The van der Waals surface area contributed by atoms with Gasteiger partial charge in [-0.25, -0.2) is 0 Å². The second-order valence-electron chi connectivity index (χ2n) is 4.64. The number of rotatable bonds is 4. The lowest BCUT2D eigenvalue weighted by atomic mass is 9.94. The van der Waals surface area contributed by atoms with Crippen LogP contribution >= 0.6 is 0 Å². The summed E-state index contributed by atoms with van der Waals surface area (Å²) < 4.78 is 0. The molecule has 0 amide bonds. The Bertz CT molecular complexity index is 428. The molecule has 0 aliphatic carbocycles. The summed E-state index contributed by atoms with van der Waals surface area (Å²) in [6.07, 6.45) is 2.10. The number of aliphatic carboxylic acids is 1. The average molecular weight is 233 g/mol. The maximum atomic E-state index is 11.1. The van der Waals surface area contributed by atoms with Gasteiger partial charge in [-0.05, 0) is 37.0 Å². The lowest BCUT2D eigenvalue weighted by Gasteiger charge is -2.19. The highest BCUT2D eigenvalue weighted by Gasteiger charge is 2.25. The fourth-order valence-corrected chi connectivity index (χ4v) is 2.57. The van der Waals surface area contributed by atoms with Gasteiger partial charge in [-0.15, -0.1) is 0 Å². The number of carboxylic acids is 1. The van der Waals surface area contributed by atoms with E-state index in [4.69, 9.17) is 5.11 Å². The average Bonchev–Trinajstić information content (AvgIpc) is 2.72. The van der Waals surface area contributed by atoms with E-state index in [1.165, 1.54) is 11.3 Å². The van der Waals surface area contributed by atoms with Crippen LogP contribution in [0.15, 0.2) is 18.2 Å². The Morgan fingerprint density at radius 3 is 2.94 bits per heavy atom. The van der Waals surface area contributed by atoms with Gasteiger partial charge in [0.05, 0.1) is 5.92 Å². The highest BCUT2D eigenvalue weighted by atomic mass is 16.4. The van der Waals surface area contributed by atoms with Crippen LogP contribution in [0.3, 0.4) is 0 Å². The van der Waals surface area contributed by atoms with Crippen LogP contribution in [0.25, 0.3) is 0 Å². The molecule has 1 N–H and O–H groups in total. The first-order valence-corrected chi connectivity index (χ1v) is 6.24. The molecule has 1 aromatic rings. The summed E-state index contributed by atoms with van der Waals surface area (Å²) in [5.41, 5.74) is 3.45. The normalized spacial score (nSPS) is 15.8. The summed E-state index contributed by atoms with van der Waals surface area (Å²) in [5.74, 6) is -1.15. The summed E-state index contributed by atoms with van der Waals surface area (Å²) >= 11 is 0. The molecule has 0 saturated heterocycles. The molecular weight excluding hydrogens is 214 g/mol. The first-order valence-electron chi connectivity index (χ1n) is 6.24. The zero-order valence-electron chi connectivity index (χ0n) is 10.4. The minimum absolute atomic E-state index is 0.411. The van der Waals surface area contributed by atoms with Crippen molar-refractivity contribution >= 4 is 11.7 Å². The van der Waals surface area contributed by atoms with Crippen LogP contribution in [0.4, 0.5) is 5.69 Å². The molecule has 17 heavy (non-hydrogen) atoms. The molecule has 0 fully saturated rings. The van der Waals surface area contributed by atoms with Crippen molar-refractivity contribution < 1.29 is 9.90 Å². The van der Waals surface area contributed by atoms with Gasteiger partial charge in [-0.2, -0.15) is 0 Å². The van der Waals surface area contributed by atoms with Crippen molar-refractivity contribution in [3.63, 3.8) is 0 Å². The van der Waals surface area contributed by atoms with Crippen LogP contribution in [-0.2, 0) is 11.2 Å². The molecule has 0 aromatic heterocycles. The molecular formula is C14H19NO2. The number of nitrogens with zero attached hydrogens (tertiary/aromatic N) is 1. The maximum absolute atomic E-state index is 11.1. The molecule has 1 aliphatic rings. The first-order chi connectivity index (χ1) is 8.15. The summed E-state index contributed by atoms with van der Waals surface area (Å²) in [6.45, 7) is 6.01. The van der Waals surface area contributed by atoms with Crippen molar-refractivity contribution in [1.82, 2.24) is 0 Å². The van der Waals surface area contributed by atoms with Crippen molar-refractivity contribution in [2.75, 3.05) is 18.0 Å². The summed E-state index contributed by atoms with van der Waals surface area (Å²) in [7, 11) is 0. The van der Waals surface area contributed by atoms with Crippen molar-refractivity contribution in [2.24, 2.45) is 0 Å². The zero-order chi connectivity index (χ0) is 12.4. The van der Waals surface area contributed by atoms with E-state index in [1.54, 1.807) is 6.92 Å². The number of hydrogen-bond donors (Lipinski definition) is 1. The van der Waals surface area contributed by atoms with Gasteiger partial charge in [-0.3, -0.25) is 4.79 Å². The molecule has 0 radical (unpaired) electrons. The number of hydrogen-bond acceptors (Lipinski definition) is 2. The Hall–Kier alpha value is -1.51. The molecule has 92 valence electrons. The van der Waals surface area contributed by atoms with Gasteiger partial charge < -0.3 is 10.0 Å². The van der Waals surface area contributed by atoms with Crippen molar-refractivity contribution in [3.05, 3.63) is 29.3 Å². The van der Waals surface area contributed by atoms with E-state index in [0.29, 0.717) is 0 Å². The fraction of sp³-hybridized carbons (Fsp3) is 0.500. The van der Waals surface area contributed by atoms with Gasteiger partial charge in [-0.1, -0.05) is 19.1 Å². The third-order valence-electron chi connectivity index (χ3n) is 3.49. The quantitative estimate of drug-likeness (QED) is 0.869. The molecule has 0 saturated carbocycles. The van der Waals surface area contributed by atoms with E-state index in [9.17, 15) is 4.79 Å². The van der Waals surface area contributed by atoms with Crippen LogP contribution in [0.1, 0.15) is 37.3 Å². The van der Waals surface area contributed by atoms with E-state index in [0.717, 1.165) is 31.5 Å². The van der Waals surface area contributed by atoms with Crippen molar-refractivity contribution in [2.45, 2.75) is 32.6 Å². The molecule has 1 aliphatic heterocycles. The molecule has 1 aromatic carbocycles. The molecule has 1 heterocycles. The Morgan fingerprint density at radius 2 is 2.29 bits per heavy atom. The lowest BCUT2D eigenvalue weighted by molar-refractivity contribution is -0.138. The molecule has 0 bridgehead atoms. The molecule has 3 heteroatoms. The molecule has 0 spiro atoms. The number of carbonyl (C=O) groups is 1. The third-order valence-corrected chi connectivity index (χ3v) is 3.49. The minimum Gasteiger partial charge on any atom is -0.481 e. The van der Waals surface area contributed by atoms with Crippen LogP contribution < -0.4 is 4.90 Å². The number of anilines is 1. The van der Waals surface area contributed by atoms with Crippen molar-refractivity contribution in [3.8, 4) is 0 Å². The fourth-order valence-electron chi connectivity index (χ4n) is 2.57. The maximum Gasteiger partial charge on any atom is 0.310 e. The van der Waals surface area contributed by atoms with E-state index >= 15 is 0 Å². The lowest BCUT2D eigenvalue weighted by Crippen LogP contribution is -2.20. The van der Waals surface area contributed by atoms with E-state index < -0.39 is 11.9 Å². The topological polar surface area (TPSA) is 40.5 Å². The van der Waals surface area contributed by atoms with Gasteiger partial charge >= 0.3 is 5.97 Å². The first kappa shape index (κ1) is 12.0. The summed E-state index contributed by atoms with van der Waals surface area (Å²) in [6, 6.07) is 6.03. The second-order valence-corrected chi connectivity index (χ2v) is 4.64. The Kier molecular flexibility index (Phi) is 3.36. The van der Waals surface area contributed by atoms with Gasteiger partial charge in [0.2, 0.25) is 0 Å². The zero-order valence-corrected chi connectivity index (χ0v) is 10.4. The van der Waals surface area contributed by atoms with E-state index in [2.05, 4.69) is 17.9 Å². The Balaban J connectivity index is 2.36. The van der Waals surface area contributed by atoms with Crippen molar-refractivity contribution in [1.29, 1.82) is 0 Å². The smallest absolute Gasteiger partial charge is 0.310 e. The Labute approximate surface area is 102 Å². The number of benzene rings is 1. The predicted molar refractivity (Wildman–Crippen MR) is 68.7 cm³/mol. The van der Waals surface area contributed by atoms with Gasteiger partial charge in [0.25, 0.3) is 0 Å². The number of carboxylic acid groups (broad SMARTS) is 1. The minimum atomic E-state index is -0.743. The van der Waals surface area contributed by atoms with E-state index in [1.807, 2.05) is 12.1 Å². The third kappa shape index (κ3) is 2.14. The predicted octanol–water partition coefficient (Wildman–Crippen LogP) is 2.65. The van der Waals surface area contributed by atoms with Gasteiger partial charge in [0.1, 0.15) is 0 Å². The number of fused-ring (bicyclic) bond motifs is 1. The molecule has 1 atom stereocenters. The SMILES string of the molecule is CCCN1CCc2c(C(C)C(=O)O)cccc21. The van der Waals surface area contributed by atoms with Crippen LogP contribution in [-0.4, -0.2) is 24.2 Å². The van der Waals surface area contributed by atoms with Crippen LogP contribution in [0, 0.1) is 0 Å². The molecule has 1 unspecified atom stereocenters. The molecule has 3 nitrogen and oxygen atoms in total. The standard InChI is InChI=1S/C14H19NO2/c1-3-8-15-9-7-12-11(10(2)14(16)17)5-4-6-13(12)15/h4-6,10H,3,7-9H2,1-2H3,(H,16,17). The highest BCUT2D eigenvalue weighted by Crippen LogP contribution is 2.34. The van der Waals surface area contributed by atoms with E-state index in [-0.39, 0.29) is 0 Å². The van der Waals surface area contributed by atoms with Gasteiger partial charge in [0, 0.05) is 18.8 Å². The molecule has 2 rings (SSSR count). The second kappa shape index (κ2) is 4.78. The van der Waals surface area contributed by atoms with Crippen LogP contribution in [0.2, 0.25) is 0 Å². The summed E-state index contributed by atoms with van der Waals surface area (Å²) in [4.78, 5) is 13.4. The highest BCUT2D eigenvalue weighted by molar-refractivity contribution is 5.78. The van der Waals surface area contributed by atoms with Gasteiger partial charge in [0.15, 0.2) is 0 Å². The largest absolute Gasteiger partial charge is 0.481 e.